The van der Waals surface area contributed by atoms with Crippen molar-refractivity contribution in [3.63, 3.8) is 0 Å². The van der Waals surface area contributed by atoms with Crippen LogP contribution in [0.25, 0.3) is 0 Å². The SMILES string of the molecule is CCCCOP(=O)([O-])[O-].CCNCC. The average molecular weight is 225 g/mol. The van der Waals surface area contributed by atoms with Gasteiger partial charge in [-0.2, -0.15) is 0 Å². The van der Waals surface area contributed by atoms with E-state index in [9.17, 15) is 14.4 Å². The summed E-state index contributed by atoms with van der Waals surface area (Å²) in [7, 11) is -4.70. The van der Waals surface area contributed by atoms with Crippen LogP contribution in [0.1, 0.15) is 33.6 Å². The van der Waals surface area contributed by atoms with Gasteiger partial charge in [-0.15, -0.1) is 0 Å². The van der Waals surface area contributed by atoms with E-state index in [0.717, 1.165) is 19.5 Å². The van der Waals surface area contributed by atoms with E-state index in [-0.39, 0.29) is 6.61 Å². The Bertz CT molecular complexity index is 146. The molecule has 0 spiro atoms. The molecule has 0 radical (unpaired) electrons. The molecular formula is C8H20NO4P-2. The Morgan fingerprint density at radius 3 is 1.93 bits per heavy atom. The largest absolute Gasteiger partial charge is 0.790 e. The van der Waals surface area contributed by atoms with Crippen molar-refractivity contribution < 1.29 is 18.9 Å². The minimum atomic E-state index is -4.70. The lowest BCUT2D eigenvalue weighted by atomic mass is 10.4. The molecule has 0 rings (SSSR count). The Labute approximate surface area is 86.1 Å². The van der Waals surface area contributed by atoms with Gasteiger partial charge in [0.25, 0.3) is 0 Å². The molecule has 0 fully saturated rings. The topological polar surface area (TPSA) is 84.5 Å². The van der Waals surface area contributed by atoms with Crippen molar-refractivity contribution in [3.05, 3.63) is 0 Å². The lowest BCUT2D eigenvalue weighted by Gasteiger charge is -2.28. The van der Waals surface area contributed by atoms with E-state index in [2.05, 4.69) is 23.7 Å². The van der Waals surface area contributed by atoms with Crippen LogP contribution in [0.3, 0.4) is 0 Å². The van der Waals surface area contributed by atoms with Gasteiger partial charge in [-0.05, 0) is 19.5 Å². The highest BCUT2D eigenvalue weighted by atomic mass is 31.2. The summed E-state index contributed by atoms with van der Waals surface area (Å²) in [6.45, 7) is 8.28. The third kappa shape index (κ3) is 22.7. The number of unbranched alkanes of at least 4 members (excludes halogenated alkanes) is 1. The normalized spacial score (nSPS) is 10.6. The third-order valence-corrected chi connectivity index (χ3v) is 1.75. The molecule has 1 N–H and O–H groups in total. The van der Waals surface area contributed by atoms with E-state index in [1.165, 1.54) is 0 Å². The molecule has 0 unspecified atom stereocenters. The zero-order valence-corrected chi connectivity index (χ0v) is 10.0. The summed E-state index contributed by atoms with van der Waals surface area (Å²) in [5, 5.41) is 3.11. The molecule has 0 atom stereocenters. The van der Waals surface area contributed by atoms with Crippen LogP contribution in [-0.2, 0) is 9.09 Å². The Hall–Kier alpha value is 0.0700. The summed E-state index contributed by atoms with van der Waals surface area (Å²) in [6.07, 6.45) is 1.43. The molecule has 0 amide bonds. The van der Waals surface area contributed by atoms with Gasteiger partial charge in [-0.1, -0.05) is 27.2 Å². The number of nitrogens with one attached hydrogen (secondary N) is 1. The van der Waals surface area contributed by atoms with Crippen molar-refractivity contribution in [2.75, 3.05) is 19.7 Å². The smallest absolute Gasteiger partial charge is 0.0596 e. The molecule has 0 aromatic heterocycles. The van der Waals surface area contributed by atoms with Crippen molar-refractivity contribution in [2.24, 2.45) is 0 Å². The van der Waals surface area contributed by atoms with Gasteiger partial charge >= 0.3 is 0 Å². The number of phosphoric ester groups is 1. The highest BCUT2D eigenvalue weighted by Crippen LogP contribution is 2.24. The van der Waals surface area contributed by atoms with Crippen LogP contribution in [0.2, 0.25) is 0 Å². The Morgan fingerprint density at radius 1 is 1.21 bits per heavy atom. The molecule has 0 heterocycles. The van der Waals surface area contributed by atoms with Gasteiger partial charge in [0.2, 0.25) is 0 Å². The van der Waals surface area contributed by atoms with E-state index in [0.29, 0.717) is 6.42 Å². The van der Waals surface area contributed by atoms with Crippen LogP contribution in [0, 0.1) is 0 Å². The lowest BCUT2D eigenvalue weighted by Crippen LogP contribution is -2.16. The van der Waals surface area contributed by atoms with E-state index in [1.54, 1.807) is 0 Å². The maximum Gasteiger partial charge on any atom is 0.0596 e. The maximum atomic E-state index is 9.76. The molecule has 0 saturated carbocycles. The maximum absolute atomic E-state index is 9.76. The molecule has 0 aliphatic rings. The highest BCUT2D eigenvalue weighted by Gasteiger charge is 1.88. The van der Waals surface area contributed by atoms with Crippen LogP contribution >= 0.6 is 7.82 Å². The molecule has 5 nitrogen and oxygen atoms in total. The van der Waals surface area contributed by atoms with Crippen LogP contribution in [0.15, 0.2) is 0 Å². The van der Waals surface area contributed by atoms with E-state index in [1.807, 2.05) is 6.92 Å². The number of hydrogen-bond acceptors (Lipinski definition) is 5. The summed E-state index contributed by atoms with van der Waals surface area (Å²) in [6, 6.07) is 0. The molecule has 0 bridgehead atoms. The molecule has 88 valence electrons. The third-order valence-electron chi connectivity index (χ3n) is 1.25. The van der Waals surface area contributed by atoms with Crippen molar-refractivity contribution in [1.82, 2.24) is 5.32 Å². The fourth-order valence-corrected chi connectivity index (χ4v) is 0.923. The molecule has 0 aliphatic carbocycles. The molecule has 0 saturated heterocycles. The second-order valence-electron chi connectivity index (χ2n) is 2.59. The first-order chi connectivity index (χ1) is 6.47. The van der Waals surface area contributed by atoms with Crippen molar-refractivity contribution >= 4 is 7.82 Å². The molecule has 0 aromatic carbocycles. The number of hydrogen-bond donors (Lipinski definition) is 1. The molecule has 0 aromatic rings. The summed E-state index contributed by atoms with van der Waals surface area (Å²) >= 11 is 0. The van der Waals surface area contributed by atoms with Crippen LogP contribution in [0.5, 0.6) is 0 Å². The number of phosphoric acid groups is 1. The fraction of sp³-hybridized carbons (Fsp3) is 1.00. The van der Waals surface area contributed by atoms with E-state index >= 15 is 0 Å². The molecule has 6 heteroatoms. The standard InChI is InChI=1S/C4H11N.C4H11O4P/c1-3-5-4-2;1-2-3-4-8-9(5,6)7/h5H,3-4H2,1-2H3;2-4H2,1H3,(H2,5,6,7)/p-2. The van der Waals surface area contributed by atoms with Crippen molar-refractivity contribution in [3.8, 4) is 0 Å². The minimum absolute atomic E-state index is 0.0147. The zero-order chi connectivity index (χ0) is 11.4. The Balaban J connectivity index is 0. The fourth-order valence-electron chi connectivity index (χ4n) is 0.571. The second-order valence-corrected chi connectivity index (χ2v) is 3.74. The first-order valence-corrected chi connectivity index (χ1v) is 6.31. The summed E-state index contributed by atoms with van der Waals surface area (Å²) in [5.74, 6) is 0. The first kappa shape index (κ1) is 16.5. The highest BCUT2D eigenvalue weighted by molar-refractivity contribution is 7.43. The Kier molecular flexibility index (Phi) is 13.1. The van der Waals surface area contributed by atoms with Crippen molar-refractivity contribution in [2.45, 2.75) is 33.6 Å². The average Bonchev–Trinajstić information content (AvgIpc) is 2.05. The van der Waals surface area contributed by atoms with Gasteiger partial charge in [0, 0.05) is 0 Å². The quantitative estimate of drug-likeness (QED) is 0.517. The van der Waals surface area contributed by atoms with Gasteiger partial charge in [0.1, 0.15) is 0 Å². The number of rotatable bonds is 6. The zero-order valence-electron chi connectivity index (χ0n) is 9.12. The summed E-state index contributed by atoms with van der Waals surface area (Å²) < 4.78 is 13.7. The van der Waals surface area contributed by atoms with Gasteiger partial charge in [-0.3, -0.25) is 0 Å². The minimum Gasteiger partial charge on any atom is -0.790 e. The second kappa shape index (κ2) is 11.1. The molecule has 14 heavy (non-hydrogen) atoms. The lowest BCUT2D eigenvalue weighted by molar-refractivity contribution is -0.341. The monoisotopic (exact) mass is 225 g/mol. The Morgan fingerprint density at radius 2 is 1.71 bits per heavy atom. The van der Waals surface area contributed by atoms with Gasteiger partial charge in [0.05, 0.1) is 14.4 Å². The predicted molar refractivity (Wildman–Crippen MR) is 52.7 cm³/mol. The predicted octanol–water partition coefficient (Wildman–Crippen LogP) is 0.248. The van der Waals surface area contributed by atoms with Gasteiger partial charge in [0.15, 0.2) is 0 Å². The van der Waals surface area contributed by atoms with Gasteiger partial charge < -0.3 is 24.2 Å². The molecular weight excluding hydrogens is 205 g/mol. The summed E-state index contributed by atoms with van der Waals surface area (Å²) in [4.78, 5) is 19.5. The van der Waals surface area contributed by atoms with E-state index < -0.39 is 7.82 Å². The summed E-state index contributed by atoms with van der Waals surface area (Å²) in [5.41, 5.74) is 0. The van der Waals surface area contributed by atoms with Crippen molar-refractivity contribution in [1.29, 1.82) is 0 Å². The first-order valence-electron chi connectivity index (χ1n) is 4.85. The molecule has 0 aliphatic heterocycles. The van der Waals surface area contributed by atoms with Gasteiger partial charge in [-0.25, -0.2) is 0 Å². The van der Waals surface area contributed by atoms with E-state index in [4.69, 9.17) is 0 Å². The van der Waals surface area contributed by atoms with Crippen LogP contribution in [-0.4, -0.2) is 19.7 Å². The van der Waals surface area contributed by atoms with Crippen LogP contribution < -0.4 is 15.1 Å². The van der Waals surface area contributed by atoms with Crippen LogP contribution in [0.4, 0.5) is 0 Å².